The van der Waals surface area contributed by atoms with Gasteiger partial charge in [0.15, 0.2) is 11.0 Å². The third-order valence-electron chi connectivity index (χ3n) is 4.22. The number of nitrogens with zero attached hydrogens (tertiary/aromatic N) is 3. The molecule has 0 saturated carbocycles. The van der Waals surface area contributed by atoms with Crippen LogP contribution in [-0.4, -0.2) is 53.3 Å². The van der Waals surface area contributed by atoms with Gasteiger partial charge in [-0.1, -0.05) is 11.6 Å². The number of fused-ring (bicyclic) bond motifs is 1. The van der Waals surface area contributed by atoms with Crippen LogP contribution in [0, 0.1) is 13.8 Å². The molecule has 2 saturated heterocycles. The van der Waals surface area contributed by atoms with Crippen LogP contribution >= 0.6 is 11.6 Å². The lowest BCUT2D eigenvalue weighted by atomic mass is 10.2. The van der Waals surface area contributed by atoms with Crippen LogP contribution in [-0.2, 0) is 4.74 Å². The molecular formula is C14H21ClN4O. The van der Waals surface area contributed by atoms with Crippen molar-refractivity contribution < 1.29 is 4.74 Å². The van der Waals surface area contributed by atoms with Crippen molar-refractivity contribution in [3.8, 4) is 0 Å². The molecule has 0 spiro atoms. The van der Waals surface area contributed by atoms with Crippen molar-refractivity contribution in [2.24, 2.45) is 0 Å². The molecular weight excluding hydrogens is 276 g/mol. The van der Waals surface area contributed by atoms with Crippen molar-refractivity contribution >= 4 is 17.4 Å². The van der Waals surface area contributed by atoms with Gasteiger partial charge in [-0.2, -0.15) is 0 Å². The lowest BCUT2D eigenvalue weighted by Gasteiger charge is -2.35. The lowest BCUT2D eigenvalue weighted by Crippen LogP contribution is -2.48. The Labute approximate surface area is 124 Å². The minimum atomic E-state index is 0.198. The van der Waals surface area contributed by atoms with E-state index in [1.54, 1.807) is 0 Å². The molecule has 1 aromatic rings. The minimum absolute atomic E-state index is 0.198. The number of anilines is 1. The van der Waals surface area contributed by atoms with E-state index in [1.165, 1.54) is 19.4 Å². The van der Waals surface area contributed by atoms with E-state index in [9.17, 15) is 0 Å². The zero-order valence-corrected chi connectivity index (χ0v) is 12.8. The number of hydrogen-bond donors (Lipinski definition) is 1. The van der Waals surface area contributed by atoms with Crippen molar-refractivity contribution in [2.45, 2.75) is 38.8 Å². The fraction of sp³-hybridized carbons (Fsp3) is 0.714. The van der Waals surface area contributed by atoms with Crippen molar-refractivity contribution in [1.82, 2.24) is 14.9 Å². The highest BCUT2D eigenvalue weighted by molar-refractivity contribution is 6.31. The van der Waals surface area contributed by atoms with Crippen LogP contribution in [0.4, 0.5) is 5.82 Å². The minimum Gasteiger partial charge on any atom is -0.373 e. The van der Waals surface area contributed by atoms with Gasteiger partial charge < -0.3 is 10.1 Å². The van der Waals surface area contributed by atoms with Gasteiger partial charge in [-0.05, 0) is 33.2 Å². The molecule has 0 aliphatic carbocycles. The molecule has 2 unspecified atom stereocenters. The van der Waals surface area contributed by atoms with Gasteiger partial charge >= 0.3 is 0 Å². The van der Waals surface area contributed by atoms with Crippen LogP contribution in [0.2, 0.25) is 5.15 Å². The van der Waals surface area contributed by atoms with Crippen molar-refractivity contribution in [3.63, 3.8) is 0 Å². The van der Waals surface area contributed by atoms with Gasteiger partial charge in [0.1, 0.15) is 0 Å². The van der Waals surface area contributed by atoms with Gasteiger partial charge in [0.2, 0.25) is 0 Å². The second-order valence-electron chi connectivity index (χ2n) is 5.66. The topological polar surface area (TPSA) is 50.3 Å². The largest absolute Gasteiger partial charge is 0.373 e. The van der Waals surface area contributed by atoms with Crippen LogP contribution in [0.15, 0.2) is 0 Å². The summed E-state index contributed by atoms with van der Waals surface area (Å²) in [6.07, 6.45) is 2.76. The van der Waals surface area contributed by atoms with Crippen LogP contribution in [0.5, 0.6) is 0 Å². The first-order chi connectivity index (χ1) is 9.63. The van der Waals surface area contributed by atoms with Gasteiger partial charge in [-0.3, -0.25) is 4.90 Å². The zero-order chi connectivity index (χ0) is 14.1. The lowest BCUT2D eigenvalue weighted by molar-refractivity contribution is -0.0416. The van der Waals surface area contributed by atoms with Gasteiger partial charge in [0, 0.05) is 19.1 Å². The summed E-state index contributed by atoms with van der Waals surface area (Å²) in [5.41, 5.74) is 1.77. The number of ether oxygens (including phenoxy) is 1. The van der Waals surface area contributed by atoms with Crippen LogP contribution in [0.3, 0.4) is 0 Å². The van der Waals surface area contributed by atoms with Crippen LogP contribution in [0.1, 0.15) is 24.2 Å². The Kier molecular flexibility index (Phi) is 4.10. The smallest absolute Gasteiger partial charge is 0.171 e. The van der Waals surface area contributed by atoms with E-state index in [1.807, 2.05) is 13.8 Å². The van der Waals surface area contributed by atoms with E-state index in [-0.39, 0.29) is 6.10 Å². The molecule has 3 rings (SSSR count). The summed E-state index contributed by atoms with van der Waals surface area (Å²) in [6, 6.07) is 0.635. The third-order valence-corrected chi connectivity index (χ3v) is 4.49. The number of halogens is 1. The molecule has 110 valence electrons. The maximum absolute atomic E-state index is 6.12. The second-order valence-corrected chi connectivity index (χ2v) is 6.02. The molecule has 2 aliphatic heterocycles. The summed E-state index contributed by atoms with van der Waals surface area (Å²) in [7, 11) is 0. The highest BCUT2D eigenvalue weighted by atomic mass is 35.5. The van der Waals surface area contributed by atoms with Crippen LogP contribution < -0.4 is 5.32 Å². The number of rotatable bonds is 3. The molecule has 2 aliphatic rings. The molecule has 3 heterocycles. The van der Waals surface area contributed by atoms with Crippen molar-refractivity contribution in [2.75, 3.05) is 31.6 Å². The van der Waals surface area contributed by atoms with E-state index in [0.29, 0.717) is 17.0 Å². The summed E-state index contributed by atoms with van der Waals surface area (Å²) in [5.74, 6) is 0.655. The van der Waals surface area contributed by atoms with E-state index in [0.717, 1.165) is 31.1 Å². The fourth-order valence-electron chi connectivity index (χ4n) is 2.91. The normalized spacial score (nSPS) is 26.6. The Bertz CT molecular complexity index is 496. The number of hydrogen-bond acceptors (Lipinski definition) is 5. The molecule has 2 fully saturated rings. The Balaban J connectivity index is 1.58. The average Bonchev–Trinajstić information content (AvgIpc) is 2.89. The van der Waals surface area contributed by atoms with E-state index >= 15 is 0 Å². The highest BCUT2D eigenvalue weighted by Crippen LogP contribution is 2.23. The number of morpholine rings is 1. The average molecular weight is 297 g/mol. The fourth-order valence-corrected chi connectivity index (χ4v) is 3.14. The number of aromatic nitrogens is 2. The molecule has 0 radical (unpaired) electrons. The summed E-state index contributed by atoms with van der Waals surface area (Å²) >= 11 is 6.12. The number of aryl methyl sites for hydroxylation is 2. The first-order valence-electron chi connectivity index (χ1n) is 7.23. The molecule has 6 heteroatoms. The van der Waals surface area contributed by atoms with Gasteiger partial charge in [-0.25, -0.2) is 9.97 Å². The highest BCUT2D eigenvalue weighted by Gasteiger charge is 2.32. The Morgan fingerprint density at radius 2 is 2.15 bits per heavy atom. The Morgan fingerprint density at radius 3 is 3.00 bits per heavy atom. The van der Waals surface area contributed by atoms with Gasteiger partial charge in [0.25, 0.3) is 0 Å². The van der Waals surface area contributed by atoms with Gasteiger partial charge in [-0.15, -0.1) is 0 Å². The van der Waals surface area contributed by atoms with E-state index < -0.39 is 0 Å². The second kappa shape index (κ2) is 5.84. The van der Waals surface area contributed by atoms with Gasteiger partial charge in [0.05, 0.1) is 24.1 Å². The SMILES string of the molecule is Cc1nc(Cl)c(NCC2CN3CCCC3CO2)nc1C. The molecule has 1 N–H and O–H groups in total. The molecule has 0 aromatic carbocycles. The van der Waals surface area contributed by atoms with Crippen molar-refractivity contribution in [1.29, 1.82) is 0 Å². The molecule has 0 bridgehead atoms. The zero-order valence-electron chi connectivity index (χ0n) is 12.0. The summed E-state index contributed by atoms with van der Waals surface area (Å²) in [4.78, 5) is 11.3. The maximum atomic E-state index is 6.12. The summed E-state index contributed by atoms with van der Waals surface area (Å²) in [6.45, 7) is 7.62. The molecule has 20 heavy (non-hydrogen) atoms. The molecule has 2 atom stereocenters. The number of nitrogens with one attached hydrogen (secondary N) is 1. The standard InChI is InChI=1S/C14H21ClN4O/c1-9-10(2)18-14(13(15)17-9)16-6-12-7-19-5-3-4-11(19)8-20-12/h11-12H,3-8H2,1-2H3,(H,16,18). The monoisotopic (exact) mass is 296 g/mol. The summed E-state index contributed by atoms with van der Waals surface area (Å²) in [5, 5.41) is 3.71. The quantitative estimate of drug-likeness (QED) is 0.925. The molecule has 1 aromatic heterocycles. The van der Waals surface area contributed by atoms with E-state index in [2.05, 4.69) is 20.2 Å². The predicted octanol–water partition coefficient (Wildman–Crippen LogP) is 2.02. The third kappa shape index (κ3) is 2.90. The maximum Gasteiger partial charge on any atom is 0.171 e. The summed E-state index contributed by atoms with van der Waals surface area (Å²) < 4.78 is 5.91. The van der Waals surface area contributed by atoms with E-state index in [4.69, 9.17) is 16.3 Å². The molecule has 0 amide bonds. The first-order valence-corrected chi connectivity index (χ1v) is 7.61. The Morgan fingerprint density at radius 1 is 1.35 bits per heavy atom. The first kappa shape index (κ1) is 14.0. The van der Waals surface area contributed by atoms with Crippen LogP contribution in [0.25, 0.3) is 0 Å². The van der Waals surface area contributed by atoms with Crippen molar-refractivity contribution in [3.05, 3.63) is 16.5 Å². The Hall–Kier alpha value is -0.910. The molecule has 5 nitrogen and oxygen atoms in total. The predicted molar refractivity (Wildman–Crippen MR) is 79.3 cm³/mol.